The molecular weight excluding hydrogens is 244 g/mol. The van der Waals surface area contributed by atoms with E-state index < -0.39 is 6.10 Å². The standard InChI is InChI=1S/C15H24O4/c1-3-18-10-6-8-14(16)13-7-4-5-9-15(13)19-12-11-17-2/h4-5,7,9,14,16H,3,6,8,10-12H2,1-2H3. The largest absolute Gasteiger partial charge is 0.491 e. The maximum absolute atomic E-state index is 10.2. The van der Waals surface area contributed by atoms with Gasteiger partial charge in [0.2, 0.25) is 0 Å². The number of hydrogen-bond acceptors (Lipinski definition) is 4. The summed E-state index contributed by atoms with van der Waals surface area (Å²) >= 11 is 0. The van der Waals surface area contributed by atoms with Crippen molar-refractivity contribution >= 4 is 0 Å². The number of aliphatic hydroxyl groups is 1. The van der Waals surface area contributed by atoms with E-state index in [1.54, 1.807) is 7.11 Å². The fraction of sp³-hybridized carbons (Fsp3) is 0.600. The Bertz CT molecular complexity index is 341. The summed E-state index contributed by atoms with van der Waals surface area (Å²) in [6.45, 7) is 4.39. The summed E-state index contributed by atoms with van der Waals surface area (Å²) in [4.78, 5) is 0. The second-order valence-corrected chi connectivity index (χ2v) is 4.23. The first-order chi connectivity index (χ1) is 9.29. The van der Waals surface area contributed by atoms with Crippen LogP contribution in [0, 0.1) is 0 Å². The SMILES string of the molecule is CCOCCCC(O)c1ccccc1OCCOC. The topological polar surface area (TPSA) is 47.9 Å². The highest BCUT2D eigenvalue weighted by Gasteiger charge is 2.12. The fourth-order valence-electron chi connectivity index (χ4n) is 1.80. The average Bonchev–Trinajstić information content (AvgIpc) is 2.44. The van der Waals surface area contributed by atoms with Crippen molar-refractivity contribution in [3.05, 3.63) is 29.8 Å². The Labute approximate surface area is 115 Å². The lowest BCUT2D eigenvalue weighted by atomic mass is 10.0. The summed E-state index contributed by atoms with van der Waals surface area (Å²) in [5.41, 5.74) is 0.829. The van der Waals surface area contributed by atoms with Crippen LogP contribution < -0.4 is 4.74 Å². The summed E-state index contributed by atoms with van der Waals surface area (Å²) in [5.74, 6) is 0.725. The number of aliphatic hydroxyl groups excluding tert-OH is 1. The third kappa shape index (κ3) is 6.05. The van der Waals surface area contributed by atoms with Crippen LogP contribution in [0.15, 0.2) is 24.3 Å². The van der Waals surface area contributed by atoms with Crippen molar-refractivity contribution in [2.75, 3.05) is 33.5 Å². The maximum atomic E-state index is 10.2. The molecule has 0 aliphatic rings. The monoisotopic (exact) mass is 268 g/mol. The van der Waals surface area contributed by atoms with Crippen molar-refractivity contribution in [3.8, 4) is 5.75 Å². The normalized spacial score (nSPS) is 12.4. The third-order valence-electron chi connectivity index (χ3n) is 2.79. The smallest absolute Gasteiger partial charge is 0.125 e. The van der Waals surface area contributed by atoms with Crippen LogP contribution in [0.4, 0.5) is 0 Å². The van der Waals surface area contributed by atoms with Crippen LogP contribution in [-0.2, 0) is 9.47 Å². The van der Waals surface area contributed by atoms with E-state index in [1.807, 2.05) is 31.2 Å². The average molecular weight is 268 g/mol. The molecule has 108 valence electrons. The van der Waals surface area contributed by atoms with E-state index in [-0.39, 0.29) is 0 Å². The van der Waals surface area contributed by atoms with E-state index in [1.165, 1.54) is 0 Å². The van der Waals surface area contributed by atoms with Crippen molar-refractivity contribution in [1.29, 1.82) is 0 Å². The summed E-state index contributed by atoms with van der Waals surface area (Å²) < 4.78 is 15.8. The van der Waals surface area contributed by atoms with E-state index in [0.29, 0.717) is 32.8 Å². The lowest BCUT2D eigenvalue weighted by Crippen LogP contribution is -2.08. The molecule has 0 radical (unpaired) electrons. The molecule has 0 aliphatic heterocycles. The molecule has 0 aromatic heterocycles. The van der Waals surface area contributed by atoms with Gasteiger partial charge >= 0.3 is 0 Å². The van der Waals surface area contributed by atoms with Gasteiger partial charge in [-0.3, -0.25) is 0 Å². The first-order valence-electron chi connectivity index (χ1n) is 6.76. The van der Waals surface area contributed by atoms with Gasteiger partial charge in [-0.15, -0.1) is 0 Å². The molecule has 19 heavy (non-hydrogen) atoms. The van der Waals surface area contributed by atoms with Crippen LogP contribution in [0.3, 0.4) is 0 Å². The molecule has 1 rings (SSSR count). The summed E-state index contributed by atoms with van der Waals surface area (Å²) in [5, 5.41) is 10.2. The molecular formula is C15H24O4. The lowest BCUT2D eigenvalue weighted by Gasteiger charge is -2.16. The first kappa shape index (κ1) is 16.0. The van der Waals surface area contributed by atoms with Gasteiger partial charge < -0.3 is 19.3 Å². The second-order valence-electron chi connectivity index (χ2n) is 4.23. The maximum Gasteiger partial charge on any atom is 0.125 e. The molecule has 1 unspecified atom stereocenters. The predicted molar refractivity (Wildman–Crippen MR) is 74.5 cm³/mol. The predicted octanol–water partition coefficient (Wildman–Crippen LogP) is 2.56. The summed E-state index contributed by atoms with van der Waals surface area (Å²) in [6.07, 6.45) is 0.991. The van der Waals surface area contributed by atoms with Gasteiger partial charge in [0.1, 0.15) is 12.4 Å². The van der Waals surface area contributed by atoms with Crippen molar-refractivity contribution < 1.29 is 19.3 Å². The number of rotatable bonds is 10. The van der Waals surface area contributed by atoms with Crippen LogP contribution in [-0.4, -0.2) is 38.6 Å². The van der Waals surface area contributed by atoms with E-state index in [9.17, 15) is 5.11 Å². The Morgan fingerprint density at radius 3 is 2.68 bits per heavy atom. The Morgan fingerprint density at radius 2 is 1.95 bits per heavy atom. The highest BCUT2D eigenvalue weighted by molar-refractivity contribution is 5.35. The molecule has 1 N–H and O–H groups in total. The number of methoxy groups -OCH3 is 1. The number of ether oxygens (including phenoxy) is 3. The Balaban J connectivity index is 2.50. The van der Waals surface area contributed by atoms with Gasteiger partial charge in [-0.2, -0.15) is 0 Å². The molecule has 0 fully saturated rings. The van der Waals surface area contributed by atoms with Gasteiger partial charge in [0.25, 0.3) is 0 Å². The molecule has 1 atom stereocenters. The molecule has 0 aliphatic carbocycles. The minimum absolute atomic E-state index is 0.485. The van der Waals surface area contributed by atoms with Gasteiger partial charge in [-0.25, -0.2) is 0 Å². The number of benzene rings is 1. The summed E-state index contributed by atoms with van der Waals surface area (Å²) in [6, 6.07) is 7.58. The highest BCUT2D eigenvalue weighted by Crippen LogP contribution is 2.27. The quantitative estimate of drug-likeness (QED) is 0.663. The van der Waals surface area contributed by atoms with Crippen LogP contribution in [0.1, 0.15) is 31.4 Å². The van der Waals surface area contributed by atoms with Crippen molar-refractivity contribution in [2.24, 2.45) is 0 Å². The minimum atomic E-state index is -0.515. The van der Waals surface area contributed by atoms with E-state index >= 15 is 0 Å². The zero-order chi connectivity index (χ0) is 13.9. The molecule has 0 heterocycles. The summed E-state index contributed by atoms with van der Waals surface area (Å²) in [7, 11) is 1.64. The van der Waals surface area contributed by atoms with Gasteiger partial charge in [0.15, 0.2) is 0 Å². The van der Waals surface area contributed by atoms with Crippen molar-refractivity contribution in [1.82, 2.24) is 0 Å². The van der Waals surface area contributed by atoms with Crippen molar-refractivity contribution in [3.63, 3.8) is 0 Å². The zero-order valence-electron chi connectivity index (χ0n) is 11.8. The Hall–Kier alpha value is -1.10. The lowest BCUT2D eigenvalue weighted by molar-refractivity contribution is 0.110. The van der Waals surface area contributed by atoms with Gasteiger partial charge in [-0.05, 0) is 25.8 Å². The number of para-hydroxylation sites is 1. The van der Waals surface area contributed by atoms with Gasteiger partial charge in [-0.1, -0.05) is 18.2 Å². The molecule has 4 nitrogen and oxygen atoms in total. The highest BCUT2D eigenvalue weighted by atomic mass is 16.5. The van der Waals surface area contributed by atoms with E-state index in [2.05, 4.69) is 0 Å². The molecule has 0 saturated heterocycles. The fourth-order valence-corrected chi connectivity index (χ4v) is 1.80. The van der Waals surface area contributed by atoms with Gasteiger partial charge in [0.05, 0.1) is 12.7 Å². The minimum Gasteiger partial charge on any atom is -0.491 e. The van der Waals surface area contributed by atoms with Crippen LogP contribution in [0.25, 0.3) is 0 Å². The molecule has 0 amide bonds. The van der Waals surface area contributed by atoms with E-state index in [4.69, 9.17) is 14.2 Å². The molecule has 0 spiro atoms. The molecule has 1 aromatic rings. The van der Waals surface area contributed by atoms with Crippen LogP contribution in [0.5, 0.6) is 5.75 Å². The van der Waals surface area contributed by atoms with Crippen molar-refractivity contribution in [2.45, 2.75) is 25.9 Å². The van der Waals surface area contributed by atoms with E-state index in [0.717, 1.165) is 17.7 Å². The molecule has 0 saturated carbocycles. The number of hydrogen-bond donors (Lipinski definition) is 1. The molecule has 1 aromatic carbocycles. The molecule has 4 heteroatoms. The molecule has 0 bridgehead atoms. The Morgan fingerprint density at radius 1 is 1.16 bits per heavy atom. The first-order valence-corrected chi connectivity index (χ1v) is 6.76. The second kappa shape index (κ2) is 9.78. The van der Waals surface area contributed by atoms with Gasteiger partial charge in [0, 0.05) is 25.9 Å². The third-order valence-corrected chi connectivity index (χ3v) is 2.79. The zero-order valence-corrected chi connectivity index (χ0v) is 11.8. The Kier molecular flexibility index (Phi) is 8.21. The van der Waals surface area contributed by atoms with Crippen LogP contribution in [0.2, 0.25) is 0 Å². The van der Waals surface area contributed by atoms with Crippen LogP contribution >= 0.6 is 0 Å².